The van der Waals surface area contributed by atoms with Crippen LogP contribution in [0.5, 0.6) is 5.75 Å². The van der Waals surface area contributed by atoms with E-state index in [0.717, 1.165) is 48.8 Å². The second kappa shape index (κ2) is 9.87. The average Bonchev–Trinajstić information content (AvgIpc) is 3.48. The summed E-state index contributed by atoms with van der Waals surface area (Å²) in [5, 5.41) is 0. The van der Waals surface area contributed by atoms with E-state index in [0.29, 0.717) is 12.3 Å². The first-order valence-corrected chi connectivity index (χ1v) is 13.2. The lowest BCUT2D eigenvalue weighted by Gasteiger charge is -2.21. The number of benzene rings is 2. The third kappa shape index (κ3) is 5.87. The van der Waals surface area contributed by atoms with Gasteiger partial charge in [0.15, 0.2) is 11.6 Å². The van der Waals surface area contributed by atoms with Crippen LogP contribution in [0.4, 0.5) is 8.78 Å². The molecule has 0 aliphatic heterocycles. The van der Waals surface area contributed by atoms with E-state index < -0.39 is 15.8 Å². The smallest absolute Gasteiger partial charge is 0.211 e. The van der Waals surface area contributed by atoms with Crippen LogP contribution in [0.3, 0.4) is 0 Å². The quantitative estimate of drug-likeness (QED) is 0.479. The van der Waals surface area contributed by atoms with E-state index in [4.69, 9.17) is 4.74 Å². The molecule has 0 aromatic heterocycles. The van der Waals surface area contributed by atoms with Crippen molar-refractivity contribution in [2.24, 2.45) is 11.8 Å². The van der Waals surface area contributed by atoms with Gasteiger partial charge in [-0.3, -0.25) is 0 Å². The first kappa shape index (κ1) is 23.2. The molecule has 0 heterocycles. The second-order valence-electron chi connectivity index (χ2n) is 9.14. The Morgan fingerprint density at radius 1 is 1.16 bits per heavy atom. The van der Waals surface area contributed by atoms with E-state index in [-0.39, 0.29) is 42.3 Å². The molecule has 174 valence electrons. The van der Waals surface area contributed by atoms with Gasteiger partial charge in [-0.2, -0.15) is 0 Å². The van der Waals surface area contributed by atoms with Crippen LogP contribution in [-0.2, 0) is 22.9 Å². The van der Waals surface area contributed by atoms with Crippen molar-refractivity contribution >= 4 is 10.0 Å². The molecule has 32 heavy (non-hydrogen) atoms. The highest BCUT2D eigenvalue weighted by Crippen LogP contribution is 2.44. The highest BCUT2D eigenvalue weighted by Gasteiger charge is 2.33. The van der Waals surface area contributed by atoms with Crippen LogP contribution in [-0.4, -0.2) is 27.3 Å². The zero-order valence-electron chi connectivity index (χ0n) is 18.4. The zero-order chi connectivity index (χ0) is 22.7. The maximum absolute atomic E-state index is 14.7. The van der Waals surface area contributed by atoms with Crippen LogP contribution in [0.2, 0.25) is 0 Å². The summed E-state index contributed by atoms with van der Waals surface area (Å²) in [7, 11) is -3.31. The lowest BCUT2D eigenvalue weighted by molar-refractivity contribution is 0.305. The summed E-state index contributed by atoms with van der Waals surface area (Å²) >= 11 is 0. The fourth-order valence-electron chi connectivity index (χ4n) is 4.80. The van der Waals surface area contributed by atoms with Crippen molar-refractivity contribution in [3.05, 3.63) is 64.7 Å². The fourth-order valence-corrected chi connectivity index (χ4v) is 6.27. The van der Waals surface area contributed by atoms with Crippen molar-refractivity contribution < 1.29 is 21.9 Å². The lowest BCUT2D eigenvalue weighted by atomic mass is 9.84. The van der Waals surface area contributed by atoms with Crippen molar-refractivity contribution in [1.82, 2.24) is 4.72 Å². The topological polar surface area (TPSA) is 55.4 Å². The maximum atomic E-state index is 14.7. The van der Waals surface area contributed by atoms with Gasteiger partial charge in [-0.05, 0) is 90.8 Å². The predicted molar refractivity (Wildman–Crippen MR) is 121 cm³/mol. The van der Waals surface area contributed by atoms with Gasteiger partial charge in [0.1, 0.15) is 12.4 Å². The van der Waals surface area contributed by atoms with Crippen LogP contribution < -0.4 is 9.46 Å². The Morgan fingerprint density at radius 2 is 1.97 bits per heavy atom. The van der Waals surface area contributed by atoms with Crippen LogP contribution in [0, 0.1) is 23.5 Å². The standard InChI is InChI=1S/C25H31F2NO3S/c1-2-4-19-13-20-14-24(27)25(31-10-9-28-32(29,30)16-17-7-8-17)15-23(20)22(19)12-18-5-3-6-21(26)11-18/h3,5-6,11,14-15,17,19,22,28H,2,4,7-10,12-13,16H2,1H3. The number of halogens is 2. The van der Waals surface area contributed by atoms with Gasteiger partial charge in [-0.15, -0.1) is 0 Å². The van der Waals surface area contributed by atoms with Crippen LogP contribution in [0.1, 0.15) is 55.2 Å². The first-order chi connectivity index (χ1) is 15.3. The SMILES string of the molecule is CCCC1Cc2cc(F)c(OCCNS(=O)(=O)CC3CC3)cc2C1Cc1cccc(F)c1. The predicted octanol–water partition coefficient (Wildman–Crippen LogP) is 4.97. The van der Waals surface area contributed by atoms with Gasteiger partial charge in [0.05, 0.1) is 5.75 Å². The van der Waals surface area contributed by atoms with E-state index in [1.54, 1.807) is 24.3 Å². The van der Waals surface area contributed by atoms with Gasteiger partial charge in [-0.25, -0.2) is 21.9 Å². The minimum absolute atomic E-state index is 0.0621. The Balaban J connectivity index is 1.45. The fraction of sp³-hybridized carbons (Fsp3) is 0.520. The van der Waals surface area contributed by atoms with Crippen molar-refractivity contribution in [1.29, 1.82) is 0 Å². The highest BCUT2D eigenvalue weighted by atomic mass is 32.2. The van der Waals surface area contributed by atoms with Crippen LogP contribution >= 0.6 is 0 Å². The molecule has 0 radical (unpaired) electrons. The molecule has 1 N–H and O–H groups in total. The van der Waals surface area contributed by atoms with Gasteiger partial charge >= 0.3 is 0 Å². The summed E-state index contributed by atoms with van der Waals surface area (Å²) in [5.74, 6) is 0.446. The molecule has 2 aromatic rings. The van der Waals surface area contributed by atoms with E-state index in [1.165, 1.54) is 6.07 Å². The number of hydrogen-bond donors (Lipinski definition) is 1. The van der Waals surface area contributed by atoms with Crippen molar-refractivity contribution in [2.45, 2.75) is 51.4 Å². The highest BCUT2D eigenvalue weighted by molar-refractivity contribution is 7.89. The van der Waals surface area contributed by atoms with Crippen LogP contribution in [0.25, 0.3) is 0 Å². The molecule has 4 rings (SSSR count). The van der Waals surface area contributed by atoms with Crippen LogP contribution in [0.15, 0.2) is 36.4 Å². The number of rotatable bonds is 11. The summed E-state index contributed by atoms with van der Waals surface area (Å²) in [6.45, 7) is 2.31. The molecule has 2 aliphatic carbocycles. The lowest BCUT2D eigenvalue weighted by Crippen LogP contribution is -2.31. The Bertz CT molecular complexity index is 1050. The second-order valence-corrected chi connectivity index (χ2v) is 11.0. The molecule has 2 unspecified atom stereocenters. The van der Waals surface area contributed by atoms with Gasteiger partial charge in [0, 0.05) is 6.54 Å². The summed E-state index contributed by atoms with van der Waals surface area (Å²) in [6, 6.07) is 9.97. The first-order valence-electron chi connectivity index (χ1n) is 11.5. The molecule has 2 aromatic carbocycles. The van der Waals surface area contributed by atoms with E-state index in [2.05, 4.69) is 11.6 Å². The average molecular weight is 464 g/mol. The Hall–Kier alpha value is -1.99. The third-order valence-corrected chi connectivity index (χ3v) is 8.04. The summed E-state index contributed by atoms with van der Waals surface area (Å²) in [5.41, 5.74) is 2.97. The van der Waals surface area contributed by atoms with Crippen molar-refractivity contribution in [3.63, 3.8) is 0 Å². The summed E-state index contributed by atoms with van der Waals surface area (Å²) in [4.78, 5) is 0. The third-order valence-electron chi connectivity index (χ3n) is 6.48. The minimum atomic E-state index is -3.31. The molecule has 2 aliphatic rings. The Morgan fingerprint density at radius 3 is 2.69 bits per heavy atom. The normalized spacial score (nSPS) is 20.3. The minimum Gasteiger partial charge on any atom is -0.489 e. The number of ether oxygens (including phenoxy) is 1. The number of sulfonamides is 1. The summed E-state index contributed by atoms with van der Waals surface area (Å²) in [6.07, 6.45) is 5.49. The molecule has 4 nitrogen and oxygen atoms in total. The maximum Gasteiger partial charge on any atom is 0.211 e. The largest absolute Gasteiger partial charge is 0.489 e. The summed E-state index contributed by atoms with van der Waals surface area (Å²) < 4.78 is 60.5. The molecule has 0 saturated heterocycles. The number of hydrogen-bond acceptors (Lipinski definition) is 3. The van der Waals surface area contributed by atoms with E-state index >= 15 is 0 Å². The molecule has 0 bridgehead atoms. The molecule has 2 atom stereocenters. The van der Waals surface area contributed by atoms with E-state index in [9.17, 15) is 17.2 Å². The molecule has 7 heteroatoms. The van der Waals surface area contributed by atoms with Crippen molar-refractivity contribution in [2.75, 3.05) is 18.9 Å². The molecule has 1 saturated carbocycles. The Labute approximate surface area is 189 Å². The molecule has 0 amide bonds. The van der Waals surface area contributed by atoms with Gasteiger partial charge < -0.3 is 4.74 Å². The molecule has 1 fully saturated rings. The zero-order valence-corrected chi connectivity index (χ0v) is 19.3. The Kier molecular flexibility index (Phi) is 7.15. The molecule has 0 spiro atoms. The van der Waals surface area contributed by atoms with Gasteiger partial charge in [-0.1, -0.05) is 25.5 Å². The monoisotopic (exact) mass is 463 g/mol. The van der Waals surface area contributed by atoms with E-state index in [1.807, 2.05) is 6.07 Å². The van der Waals surface area contributed by atoms with Gasteiger partial charge in [0.2, 0.25) is 10.0 Å². The molecular weight excluding hydrogens is 432 g/mol. The number of nitrogens with one attached hydrogen (secondary N) is 1. The van der Waals surface area contributed by atoms with Crippen molar-refractivity contribution in [3.8, 4) is 5.75 Å². The number of fused-ring (bicyclic) bond motifs is 1. The van der Waals surface area contributed by atoms with Gasteiger partial charge in [0.25, 0.3) is 0 Å². The molecular formula is C25H31F2NO3S.